The van der Waals surface area contributed by atoms with Gasteiger partial charge in [-0.15, -0.1) is 0 Å². The van der Waals surface area contributed by atoms with Crippen LogP contribution in [0.25, 0.3) is 10.9 Å². The normalized spacial score (nSPS) is 11.8. The number of fused-ring (bicyclic) bond motifs is 1. The van der Waals surface area contributed by atoms with Gasteiger partial charge >= 0.3 is 0 Å². The number of nitro groups is 1. The van der Waals surface area contributed by atoms with E-state index in [0.29, 0.717) is 5.75 Å². The summed E-state index contributed by atoms with van der Waals surface area (Å²) < 4.78 is 6.46. The van der Waals surface area contributed by atoms with E-state index in [1.54, 1.807) is 13.2 Å². The van der Waals surface area contributed by atoms with Crippen molar-refractivity contribution >= 4 is 22.5 Å². The van der Waals surface area contributed by atoms with Crippen LogP contribution < -0.4 is 15.6 Å². The van der Waals surface area contributed by atoms with Crippen molar-refractivity contribution in [2.24, 2.45) is 0 Å². The minimum Gasteiger partial charge on any atom is -0.496 e. The molecular weight excluding hydrogens is 364 g/mol. The molecule has 1 aromatic heterocycles. The molecule has 1 unspecified atom stereocenters. The Balaban J connectivity index is 1.79. The Morgan fingerprint density at radius 3 is 2.79 bits per heavy atom. The number of methoxy groups -OCH3 is 1. The van der Waals surface area contributed by atoms with E-state index >= 15 is 0 Å². The fourth-order valence-corrected chi connectivity index (χ4v) is 2.92. The third-order valence-corrected chi connectivity index (χ3v) is 4.32. The van der Waals surface area contributed by atoms with Gasteiger partial charge in [-0.1, -0.05) is 18.2 Å². The first-order valence-electron chi connectivity index (χ1n) is 8.46. The van der Waals surface area contributed by atoms with Crippen molar-refractivity contribution in [3.05, 3.63) is 74.8 Å². The van der Waals surface area contributed by atoms with Crippen molar-refractivity contribution in [2.75, 3.05) is 7.11 Å². The quantitative estimate of drug-likeness (QED) is 0.516. The molecule has 0 aliphatic heterocycles. The molecule has 0 aliphatic carbocycles. The summed E-state index contributed by atoms with van der Waals surface area (Å²) in [6.45, 7) is 1.59. The summed E-state index contributed by atoms with van der Waals surface area (Å²) in [6, 6.07) is 10.8. The number of hydrogen-bond acceptors (Lipinski definition) is 6. The van der Waals surface area contributed by atoms with Gasteiger partial charge in [-0.3, -0.25) is 24.3 Å². The van der Waals surface area contributed by atoms with Crippen molar-refractivity contribution in [3.63, 3.8) is 0 Å². The first-order chi connectivity index (χ1) is 13.4. The smallest absolute Gasteiger partial charge is 0.271 e. The number of rotatable bonds is 6. The second-order valence-electron chi connectivity index (χ2n) is 6.17. The van der Waals surface area contributed by atoms with Crippen LogP contribution in [0.2, 0.25) is 0 Å². The average molecular weight is 382 g/mol. The topological polar surface area (TPSA) is 116 Å². The Bertz CT molecular complexity index is 1110. The second-order valence-corrected chi connectivity index (χ2v) is 6.17. The summed E-state index contributed by atoms with van der Waals surface area (Å²) in [5.74, 6) is 0.282. The minimum absolute atomic E-state index is 0.152. The Hall–Kier alpha value is -3.75. The monoisotopic (exact) mass is 382 g/mol. The predicted octanol–water partition coefficient (Wildman–Crippen LogP) is 2.19. The van der Waals surface area contributed by atoms with E-state index in [2.05, 4.69) is 10.3 Å². The maximum Gasteiger partial charge on any atom is 0.271 e. The van der Waals surface area contributed by atoms with Crippen molar-refractivity contribution in [1.82, 2.24) is 14.9 Å². The molecule has 0 aliphatic rings. The van der Waals surface area contributed by atoms with E-state index in [4.69, 9.17) is 4.74 Å². The Labute approximate surface area is 159 Å². The molecule has 28 heavy (non-hydrogen) atoms. The fourth-order valence-electron chi connectivity index (χ4n) is 2.92. The first kappa shape index (κ1) is 19.0. The van der Waals surface area contributed by atoms with E-state index in [0.717, 1.165) is 5.56 Å². The summed E-state index contributed by atoms with van der Waals surface area (Å²) in [7, 11) is 1.55. The van der Waals surface area contributed by atoms with Crippen molar-refractivity contribution in [3.8, 4) is 5.75 Å². The van der Waals surface area contributed by atoms with Crippen LogP contribution in [0.1, 0.15) is 18.5 Å². The van der Waals surface area contributed by atoms with Gasteiger partial charge in [0.2, 0.25) is 5.91 Å². The number of amides is 1. The molecule has 0 saturated heterocycles. The van der Waals surface area contributed by atoms with Crippen molar-refractivity contribution in [2.45, 2.75) is 19.5 Å². The SMILES string of the molecule is COc1ccccc1C(C)NC(=O)Cn1cnc2cc([N+](=O)[O-])ccc2c1=O. The zero-order valence-electron chi connectivity index (χ0n) is 15.3. The van der Waals surface area contributed by atoms with Gasteiger partial charge in [0.1, 0.15) is 12.3 Å². The Kier molecular flexibility index (Phi) is 5.35. The summed E-state index contributed by atoms with van der Waals surface area (Å²) >= 11 is 0. The lowest BCUT2D eigenvalue weighted by molar-refractivity contribution is -0.384. The van der Waals surface area contributed by atoms with Crippen LogP contribution in [0.15, 0.2) is 53.6 Å². The van der Waals surface area contributed by atoms with Crippen LogP contribution >= 0.6 is 0 Å². The third kappa shape index (κ3) is 3.83. The maximum absolute atomic E-state index is 12.6. The van der Waals surface area contributed by atoms with Crippen LogP contribution in [0.5, 0.6) is 5.75 Å². The number of nitro benzene ring substituents is 1. The average Bonchev–Trinajstić information content (AvgIpc) is 2.69. The minimum atomic E-state index is -0.556. The molecule has 0 saturated carbocycles. The van der Waals surface area contributed by atoms with E-state index < -0.39 is 10.5 Å². The van der Waals surface area contributed by atoms with Gasteiger partial charge in [0.05, 0.1) is 35.3 Å². The number of non-ortho nitro benzene ring substituents is 1. The highest BCUT2D eigenvalue weighted by molar-refractivity contribution is 5.81. The lowest BCUT2D eigenvalue weighted by Crippen LogP contribution is -2.34. The molecule has 9 heteroatoms. The molecule has 9 nitrogen and oxygen atoms in total. The number of nitrogens with zero attached hydrogens (tertiary/aromatic N) is 3. The lowest BCUT2D eigenvalue weighted by Gasteiger charge is -2.17. The van der Waals surface area contributed by atoms with Crippen molar-refractivity contribution in [1.29, 1.82) is 0 Å². The van der Waals surface area contributed by atoms with E-state index in [1.807, 2.05) is 25.1 Å². The molecule has 3 aromatic rings. The molecule has 0 bridgehead atoms. The number of benzene rings is 2. The number of hydrogen-bond donors (Lipinski definition) is 1. The molecule has 1 atom stereocenters. The molecule has 0 radical (unpaired) electrons. The van der Waals surface area contributed by atoms with Gasteiger partial charge in [-0.25, -0.2) is 4.98 Å². The predicted molar refractivity (Wildman–Crippen MR) is 102 cm³/mol. The first-order valence-corrected chi connectivity index (χ1v) is 8.46. The van der Waals surface area contributed by atoms with Gasteiger partial charge in [0, 0.05) is 17.7 Å². The zero-order chi connectivity index (χ0) is 20.3. The standard InChI is InChI=1S/C19H18N4O5/c1-12(14-5-3-4-6-17(14)28-2)21-18(24)10-22-11-20-16-9-13(23(26)27)7-8-15(16)19(22)25/h3-9,11-12H,10H2,1-2H3,(H,21,24). The lowest BCUT2D eigenvalue weighted by atomic mass is 10.1. The van der Waals surface area contributed by atoms with Crippen LogP contribution in [-0.2, 0) is 11.3 Å². The molecular formula is C19H18N4O5. The second kappa shape index (κ2) is 7.87. The highest BCUT2D eigenvalue weighted by Gasteiger charge is 2.16. The van der Waals surface area contributed by atoms with Gasteiger partial charge in [-0.2, -0.15) is 0 Å². The molecule has 0 spiro atoms. The molecule has 1 heterocycles. The number of aromatic nitrogens is 2. The molecule has 1 amide bonds. The highest BCUT2D eigenvalue weighted by Crippen LogP contribution is 2.24. The summed E-state index contributed by atoms with van der Waals surface area (Å²) in [6.07, 6.45) is 1.21. The number of carbonyl (C=O) groups excluding carboxylic acids is 1. The van der Waals surface area contributed by atoms with E-state index in [1.165, 1.54) is 29.1 Å². The number of nitrogens with one attached hydrogen (secondary N) is 1. The van der Waals surface area contributed by atoms with Gasteiger partial charge in [-0.05, 0) is 19.1 Å². The van der Waals surface area contributed by atoms with E-state index in [-0.39, 0.29) is 35.1 Å². The molecule has 0 fully saturated rings. The van der Waals surface area contributed by atoms with Crippen LogP contribution in [0.3, 0.4) is 0 Å². The largest absolute Gasteiger partial charge is 0.496 e. The Morgan fingerprint density at radius 2 is 2.07 bits per heavy atom. The van der Waals surface area contributed by atoms with Gasteiger partial charge < -0.3 is 10.1 Å². The number of ether oxygens (including phenoxy) is 1. The summed E-state index contributed by atoms with van der Waals surface area (Å²) in [4.78, 5) is 39.3. The number of para-hydroxylation sites is 1. The van der Waals surface area contributed by atoms with Gasteiger partial charge in [0.25, 0.3) is 11.2 Å². The van der Waals surface area contributed by atoms with Crippen LogP contribution in [-0.4, -0.2) is 27.5 Å². The molecule has 2 aromatic carbocycles. The maximum atomic E-state index is 12.6. The summed E-state index contributed by atoms with van der Waals surface area (Å²) in [5.41, 5.74) is 0.424. The van der Waals surface area contributed by atoms with E-state index in [9.17, 15) is 19.7 Å². The highest BCUT2D eigenvalue weighted by atomic mass is 16.6. The number of carbonyl (C=O) groups is 1. The zero-order valence-corrected chi connectivity index (χ0v) is 15.3. The summed E-state index contributed by atoms with van der Waals surface area (Å²) in [5, 5.41) is 13.9. The third-order valence-electron chi connectivity index (χ3n) is 4.32. The van der Waals surface area contributed by atoms with Crippen LogP contribution in [0, 0.1) is 10.1 Å². The molecule has 3 rings (SSSR count). The van der Waals surface area contributed by atoms with Crippen LogP contribution in [0.4, 0.5) is 5.69 Å². The fraction of sp³-hybridized carbons (Fsp3) is 0.211. The van der Waals surface area contributed by atoms with Gasteiger partial charge in [0.15, 0.2) is 0 Å². The molecule has 1 N–H and O–H groups in total. The molecule has 144 valence electrons. The van der Waals surface area contributed by atoms with Crippen molar-refractivity contribution < 1.29 is 14.5 Å². The Morgan fingerprint density at radius 1 is 1.32 bits per heavy atom.